The Morgan fingerprint density at radius 3 is 2.76 bits per heavy atom. The van der Waals surface area contributed by atoms with E-state index in [2.05, 4.69) is 23.8 Å². The highest BCUT2D eigenvalue weighted by molar-refractivity contribution is 5.07. The van der Waals surface area contributed by atoms with Gasteiger partial charge in [0, 0.05) is 18.9 Å². The molecule has 1 unspecified atom stereocenters. The van der Waals surface area contributed by atoms with Crippen LogP contribution in [0.25, 0.3) is 0 Å². The fourth-order valence-electron chi connectivity index (χ4n) is 2.11. The van der Waals surface area contributed by atoms with Gasteiger partial charge in [-0.05, 0) is 31.1 Å². The molecule has 2 rings (SSSR count). The summed E-state index contributed by atoms with van der Waals surface area (Å²) in [7, 11) is 1.68. The van der Waals surface area contributed by atoms with E-state index in [1.807, 2.05) is 0 Å². The predicted octanol–water partition coefficient (Wildman–Crippen LogP) is 2.07. The Morgan fingerprint density at radius 1 is 1.53 bits per heavy atom. The molecule has 94 valence electrons. The zero-order valence-electron chi connectivity index (χ0n) is 10.7. The summed E-state index contributed by atoms with van der Waals surface area (Å²) in [5.41, 5.74) is 0.787. The van der Waals surface area contributed by atoms with Gasteiger partial charge >= 0.3 is 0 Å². The van der Waals surface area contributed by atoms with E-state index in [0.29, 0.717) is 17.7 Å². The van der Waals surface area contributed by atoms with Gasteiger partial charge in [-0.2, -0.15) is 0 Å². The van der Waals surface area contributed by atoms with Crippen molar-refractivity contribution >= 4 is 0 Å². The first-order valence-corrected chi connectivity index (χ1v) is 6.23. The summed E-state index contributed by atoms with van der Waals surface area (Å²) in [5.74, 6) is 1.72. The fourth-order valence-corrected chi connectivity index (χ4v) is 2.11. The molecule has 1 aromatic rings. The summed E-state index contributed by atoms with van der Waals surface area (Å²) in [6, 6.07) is 1.59. The molecule has 0 spiro atoms. The Hall–Kier alpha value is -1.16. The predicted molar refractivity (Wildman–Crippen MR) is 65.9 cm³/mol. The zero-order valence-corrected chi connectivity index (χ0v) is 10.7. The Balaban J connectivity index is 2.26. The van der Waals surface area contributed by atoms with E-state index in [1.165, 1.54) is 0 Å². The first-order chi connectivity index (χ1) is 8.10. The van der Waals surface area contributed by atoms with E-state index in [1.54, 1.807) is 13.2 Å². The van der Waals surface area contributed by atoms with Crippen LogP contribution in [0.4, 0.5) is 0 Å². The van der Waals surface area contributed by atoms with Crippen molar-refractivity contribution in [2.45, 2.75) is 39.2 Å². The Kier molecular flexibility index (Phi) is 3.62. The van der Waals surface area contributed by atoms with Crippen LogP contribution in [0.3, 0.4) is 0 Å². The second-order valence-corrected chi connectivity index (χ2v) is 5.21. The van der Waals surface area contributed by atoms with Crippen LogP contribution in [-0.2, 0) is 11.2 Å². The second kappa shape index (κ2) is 5.00. The molecule has 1 heterocycles. The molecule has 1 aliphatic carbocycles. The van der Waals surface area contributed by atoms with Crippen LogP contribution in [-0.4, -0.2) is 17.1 Å². The highest BCUT2D eigenvalue weighted by Crippen LogP contribution is 2.41. The lowest BCUT2D eigenvalue weighted by atomic mass is 10.1. The summed E-state index contributed by atoms with van der Waals surface area (Å²) in [4.78, 5) is 18.9. The van der Waals surface area contributed by atoms with Crippen LogP contribution in [0.15, 0.2) is 10.9 Å². The van der Waals surface area contributed by atoms with Crippen molar-refractivity contribution in [1.29, 1.82) is 0 Å². The van der Waals surface area contributed by atoms with Gasteiger partial charge in [0.2, 0.25) is 0 Å². The maximum Gasteiger partial charge on any atom is 0.251 e. The Bertz CT molecular complexity index is 435. The highest BCUT2D eigenvalue weighted by atomic mass is 16.5. The maximum absolute atomic E-state index is 11.6. The largest absolute Gasteiger partial charge is 0.373 e. The van der Waals surface area contributed by atoms with Crippen LogP contribution in [0.2, 0.25) is 0 Å². The molecule has 0 bridgehead atoms. The minimum atomic E-state index is -0.0756. The van der Waals surface area contributed by atoms with Crippen LogP contribution >= 0.6 is 0 Å². The maximum atomic E-state index is 11.6. The molecule has 0 saturated heterocycles. The third-order valence-corrected chi connectivity index (χ3v) is 3.00. The summed E-state index contributed by atoms with van der Waals surface area (Å²) < 4.78 is 5.44. The molecular formula is C13H20N2O2. The van der Waals surface area contributed by atoms with Gasteiger partial charge in [-0.3, -0.25) is 4.79 Å². The lowest BCUT2D eigenvalue weighted by Gasteiger charge is -2.14. The Labute approximate surface area is 101 Å². The van der Waals surface area contributed by atoms with Crippen LogP contribution in [0, 0.1) is 11.8 Å². The molecule has 1 saturated carbocycles. The van der Waals surface area contributed by atoms with Crippen molar-refractivity contribution in [1.82, 2.24) is 9.97 Å². The molecule has 17 heavy (non-hydrogen) atoms. The molecule has 1 aliphatic rings. The van der Waals surface area contributed by atoms with E-state index in [0.717, 1.165) is 25.0 Å². The van der Waals surface area contributed by atoms with E-state index < -0.39 is 0 Å². The topological polar surface area (TPSA) is 55.0 Å². The number of hydrogen-bond acceptors (Lipinski definition) is 3. The zero-order chi connectivity index (χ0) is 12.4. The number of nitrogens with one attached hydrogen (secondary N) is 1. The van der Waals surface area contributed by atoms with E-state index in [9.17, 15) is 4.79 Å². The van der Waals surface area contributed by atoms with Gasteiger partial charge in [0.05, 0.1) is 0 Å². The number of rotatable bonds is 5. The van der Waals surface area contributed by atoms with E-state index in [-0.39, 0.29) is 11.7 Å². The summed E-state index contributed by atoms with van der Waals surface area (Å²) in [5, 5.41) is 0. The number of hydrogen-bond donors (Lipinski definition) is 1. The van der Waals surface area contributed by atoms with Gasteiger partial charge < -0.3 is 9.72 Å². The molecule has 1 N–H and O–H groups in total. The fraction of sp³-hybridized carbons (Fsp3) is 0.692. The molecule has 0 radical (unpaired) electrons. The molecule has 4 nitrogen and oxygen atoms in total. The van der Waals surface area contributed by atoms with Gasteiger partial charge in [0.15, 0.2) is 0 Å². The minimum absolute atomic E-state index is 0.0465. The average molecular weight is 236 g/mol. The lowest BCUT2D eigenvalue weighted by Crippen LogP contribution is -2.18. The third-order valence-electron chi connectivity index (χ3n) is 3.00. The van der Waals surface area contributed by atoms with Crippen molar-refractivity contribution in [3.8, 4) is 0 Å². The average Bonchev–Trinajstić information content (AvgIpc) is 3.01. The molecule has 0 aromatic carbocycles. The number of ether oxygens (including phenoxy) is 1. The van der Waals surface area contributed by atoms with Crippen molar-refractivity contribution in [2.75, 3.05) is 7.11 Å². The molecule has 0 amide bonds. The SMILES string of the molecule is COC(c1nc(CC(C)C)cc(=O)[nH]1)C1CC1. The number of H-pyrrole nitrogens is 1. The summed E-state index contributed by atoms with van der Waals surface area (Å²) in [6.45, 7) is 4.24. The number of methoxy groups -OCH3 is 1. The molecule has 1 atom stereocenters. The van der Waals surface area contributed by atoms with Gasteiger partial charge in [-0.15, -0.1) is 0 Å². The first kappa shape index (κ1) is 12.3. The number of aromatic nitrogens is 2. The standard InChI is InChI=1S/C13H20N2O2/c1-8(2)6-10-7-11(16)15-13(14-10)12(17-3)9-4-5-9/h7-9,12H,4-6H2,1-3H3,(H,14,15,16). The monoisotopic (exact) mass is 236 g/mol. The molecular weight excluding hydrogens is 216 g/mol. The molecule has 1 fully saturated rings. The van der Waals surface area contributed by atoms with E-state index >= 15 is 0 Å². The second-order valence-electron chi connectivity index (χ2n) is 5.21. The molecule has 0 aliphatic heterocycles. The van der Waals surface area contributed by atoms with Crippen molar-refractivity contribution in [3.05, 3.63) is 27.9 Å². The van der Waals surface area contributed by atoms with Gasteiger partial charge in [-0.25, -0.2) is 4.98 Å². The summed E-state index contributed by atoms with van der Waals surface area (Å²) in [6.07, 6.45) is 3.11. The first-order valence-electron chi connectivity index (χ1n) is 6.23. The Morgan fingerprint density at radius 2 is 2.24 bits per heavy atom. The van der Waals surface area contributed by atoms with Gasteiger partial charge in [-0.1, -0.05) is 13.8 Å². The van der Waals surface area contributed by atoms with Gasteiger partial charge in [0.25, 0.3) is 5.56 Å². The minimum Gasteiger partial charge on any atom is -0.373 e. The third kappa shape index (κ3) is 3.16. The number of aromatic amines is 1. The van der Waals surface area contributed by atoms with Crippen molar-refractivity contribution < 1.29 is 4.74 Å². The van der Waals surface area contributed by atoms with Crippen LogP contribution in [0.1, 0.15) is 44.3 Å². The van der Waals surface area contributed by atoms with Crippen molar-refractivity contribution in [3.63, 3.8) is 0 Å². The quantitative estimate of drug-likeness (QED) is 0.851. The molecule has 4 heteroatoms. The summed E-state index contributed by atoms with van der Waals surface area (Å²) >= 11 is 0. The smallest absolute Gasteiger partial charge is 0.251 e. The van der Waals surface area contributed by atoms with Crippen LogP contribution in [0.5, 0.6) is 0 Å². The van der Waals surface area contributed by atoms with Crippen LogP contribution < -0.4 is 5.56 Å². The van der Waals surface area contributed by atoms with Gasteiger partial charge in [0.1, 0.15) is 11.9 Å². The normalized spacial score (nSPS) is 17.4. The molecule has 1 aromatic heterocycles. The highest BCUT2D eigenvalue weighted by Gasteiger charge is 2.34. The number of nitrogens with zero attached hydrogens (tertiary/aromatic N) is 1. The van der Waals surface area contributed by atoms with E-state index in [4.69, 9.17) is 4.74 Å². The lowest BCUT2D eigenvalue weighted by molar-refractivity contribution is 0.0767. The van der Waals surface area contributed by atoms with Crippen molar-refractivity contribution in [2.24, 2.45) is 11.8 Å².